The molecule has 0 saturated carbocycles. The zero-order chi connectivity index (χ0) is 11.7. The Morgan fingerprint density at radius 1 is 1.06 bits per heavy atom. The second kappa shape index (κ2) is 3.83. The molecule has 1 aromatic heterocycles. The number of carbonyl (C=O) groups is 1. The molecule has 4 nitrogen and oxygen atoms in total. The first-order valence-electron chi connectivity index (χ1n) is 5.16. The maximum atomic E-state index is 12.2. The van der Waals surface area contributed by atoms with Crippen LogP contribution in [0.1, 0.15) is 16.1 Å². The fourth-order valence-electron chi connectivity index (χ4n) is 1.83. The summed E-state index contributed by atoms with van der Waals surface area (Å²) in [5.74, 6) is -0.178. The fourth-order valence-corrected chi connectivity index (χ4v) is 1.83. The summed E-state index contributed by atoms with van der Waals surface area (Å²) in [6, 6.07) is 13.3. The van der Waals surface area contributed by atoms with E-state index in [0.717, 1.165) is 10.8 Å². The van der Waals surface area contributed by atoms with Gasteiger partial charge >= 0.3 is 0 Å². The molecule has 82 valence electrons. The van der Waals surface area contributed by atoms with Gasteiger partial charge in [-0.05, 0) is 15.9 Å². The summed E-state index contributed by atoms with van der Waals surface area (Å²) >= 11 is 0. The van der Waals surface area contributed by atoms with Crippen LogP contribution in [-0.2, 0) is 0 Å². The van der Waals surface area contributed by atoms with Gasteiger partial charge in [0.1, 0.15) is 6.20 Å². The Morgan fingerprint density at radius 2 is 1.88 bits per heavy atom. The predicted molar refractivity (Wildman–Crippen MR) is 61.7 cm³/mol. The summed E-state index contributed by atoms with van der Waals surface area (Å²) < 4.78 is 4.45. The fraction of sp³-hybridized carbons (Fsp3) is 0. The van der Waals surface area contributed by atoms with Crippen LogP contribution in [0, 0.1) is 0 Å². The van der Waals surface area contributed by atoms with Crippen LogP contribution >= 0.6 is 0 Å². The van der Waals surface area contributed by atoms with Gasteiger partial charge in [0.2, 0.25) is 5.78 Å². The molecule has 2 aromatic carbocycles. The van der Waals surface area contributed by atoms with Gasteiger partial charge in [-0.2, -0.15) is 0 Å². The number of fused-ring (bicyclic) bond motifs is 1. The van der Waals surface area contributed by atoms with Gasteiger partial charge in [-0.1, -0.05) is 47.6 Å². The highest BCUT2D eigenvalue weighted by Crippen LogP contribution is 2.20. The molecule has 0 aliphatic rings. The first kappa shape index (κ1) is 9.72. The van der Waals surface area contributed by atoms with Gasteiger partial charge in [0, 0.05) is 5.56 Å². The van der Waals surface area contributed by atoms with E-state index in [9.17, 15) is 4.79 Å². The molecule has 0 unspecified atom stereocenters. The van der Waals surface area contributed by atoms with Crippen LogP contribution in [0.3, 0.4) is 0 Å². The van der Waals surface area contributed by atoms with E-state index in [1.54, 1.807) is 6.07 Å². The Labute approximate surface area is 96.8 Å². The van der Waals surface area contributed by atoms with Crippen LogP contribution in [0.4, 0.5) is 0 Å². The first-order chi connectivity index (χ1) is 8.36. The summed E-state index contributed by atoms with van der Waals surface area (Å²) in [5.41, 5.74) is 0.833. The molecule has 0 aliphatic carbocycles. The highest BCUT2D eigenvalue weighted by Gasteiger charge is 2.15. The number of ketones is 1. The number of hydrogen-bond donors (Lipinski definition) is 0. The Hall–Kier alpha value is -2.49. The summed E-state index contributed by atoms with van der Waals surface area (Å²) in [7, 11) is 0. The average molecular weight is 224 g/mol. The van der Waals surface area contributed by atoms with Gasteiger partial charge in [0.15, 0.2) is 5.69 Å². The van der Waals surface area contributed by atoms with E-state index < -0.39 is 0 Å². The van der Waals surface area contributed by atoms with Crippen molar-refractivity contribution in [1.29, 1.82) is 0 Å². The Balaban J connectivity index is 2.21. The molecule has 3 rings (SSSR count). The van der Waals surface area contributed by atoms with Gasteiger partial charge in [-0.3, -0.25) is 4.79 Å². The third kappa shape index (κ3) is 1.59. The maximum absolute atomic E-state index is 12.2. The minimum absolute atomic E-state index is 0.178. The smallest absolute Gasteiger partial charge is 0.217 e. The van der Waals surface area contributed by atoms with Gasteiger partial charge in [-0.25, -0.2) is 4.63 Å². The maximum Gasteiger partial charge on any atom is 0.217 e. The molecule has 4 heteroatoms. The minimum Gasteiger partial charge on any atom is -0.287 e. The Bertz CT molecular complexity index is 669. The molecule has 0 atom stereocenters. The van der Waals surface area contributed by atoms with Crippen LogP contribution in [0.25, 0.3) is 10.8 Å². The molecular formula is C13H8N2O2. The van der Waals surface area contributed by atoms with E-state index in [0.29, 0.717) is 5.56 Å². The molecule has 0 N–H and O–H groups in total. The molecule has 17 heavy (non-hydrogen) atoms. The lowest BCUT2D eigenvalue weighted by Gasteiger charge is -2.02. The van der Waals surface area contributed by atoms with Crippen molar-refractivity contribution in [3.05, 3.63) is 59.9 Å². The van der Waals surface area contributed by atoms with E-state index in [2.05, 4.69) is 14.9 Å². The van der Waals surface area contributed by atoms with Crippen molar-refractivity contribution in [2.45, 2.75) is 0 Å². The number of aromatic nitrogens is 2. The highest BCUT2D eigenvalue weighted by molar-refractivity contribution is 6.15. The van der Waals surface area contributed by atoms with Crippen molar-refractivity contribution in [2.24, 2.45) is 0 Å². The van der Waals surface area contributed by atoms with Gasteiger partial charge < -0.3 is 0 Å². The number of hydrogen-bond acceptors (Lipinski definition) is 4. The van der Waals surface area contributed by atoms with Crippen LogP contribution in [0.5, 0.6) is 0 Å². The normalized spacial score (nSPS) is 10.6. The number of carbonyl (C=O) groups excluding carboxylic acids is 1. The van der Waals surface area contributed by atoms with Crippen LogP contribution in [0.15, 0.2) is 53.3 Å². The molecule has 0 fully saturated rings. The van der Waals surface area contributed by atoms with E-state index in [4.69, 9.17) is 0 Å². The lowest BCUT2D eigenvalue weighted by atomic mass is 10.0. The summed E-state index contributed by atoms with van der Waals surface area (Å²) in [6.45, 7) is 0. The SMILES string of the molecule is O=C(c1cnon1)c1cccc2ccccc12. The summed E-state index contributed by atoms with van der Waals surface area (Å²) in [5, 5.41) is 8.93. The van der Waals surface area contributed by atoms with Crippen molar-refractivity contribution < 1.29 is 9.42 Å². The van der Waals surface area contributed by atoms with Gasteiger partial charge in [0.05, 0.1) is 0 Å². The van der Waals surface area contributed by atoms with E-state index in [1.807, 2.05) is 36.4 Å². The monoisotopic (exact) mass is 224 g/mol. The third-order valence-electron chi connectivity index (χ3n) is 2.63. The Kier molecular flexibility index (Phi) is 2.19. The van der Waals surface area contributed by atoms with E-state index >= 15 is 0 Å². The van der Waals surface area contributed by atoms with Crippen molar-refractivity contribution in [2.75, 3.05) is 0 Å². The molecule has 0 spiro atoms. The molecular weight excluding hydrogens is 216 g/mol. The second-order valence-corrected chi connectivity index (χ2v) is 3.65. The zero-order valence-corrected chi connectivity index (χ0v) is 8.83. The zero-order valence-electron chi connectivity index (χ0n) is 8.83. The van der Waals surface area contributed by atoms with Gasteiger partial charge in [0.25, 0.3) is 0 Å². The lowest BCUT2D eigenvalue weighted by Crippen LogP contribution is -2.02. The first-order valence-corrected chi connectivity index (χ1v) is 5.16. The topological polar surface area (TPSA) is 56.0 Å². The summed E-state index contributed by atoms with van der Waals surface area (Å²) in [4.78, 5) is 12.2. The van der Waals surface area contributed by atoms with E-state index in [-0.39, 0.29) is 11.5 Å². The minimum atomic E-state index is -0.178. The average Bonchev–Trinajstić information content (AvgIpc) is 2.91. The predicted octanol–water partition coefficient (Wildman–Crippen LogP) is 2.45. The standard InChI is InChI=1S/C13H8N2O2/c16-13(12-8-14-17-15-12)11-7-3-5-9-4-1-2-6-10(9)11/h1-8H. The molecule has 0 bridgehead atoms. The molecule has 0 amide bonds. The summed E-state index contributed by atoms with van der Waals surface area (Å²) in [6.07, 6.45) is 1.32. The van der Waals surface area contributed by atoms with Crippen LogP contribution in [-0.4, -0.2) is 16.1 Å². The van der Waals surface area contributed by atoms with Crippen LogP contribution < -0.4 is 0 Å². The number of benzene rings is 2. The quantitative estimate of drug-likeness (QED) is 0.627. The largest absolute Gasteiger partial charge is 0.287 e. The van der Waals surface area contributed by atoms with Crippen molar-refractivity contribution in [3.8, 4) is 0 Å². The van der Waals surface area contributed by atoms with Crippen LogP contribution in [0.2, 0.25) is 0 Å². The lowest BCUT2D eigenvalue weighted by molar-refractivity contribution is 0.103. The molecule has 0 saturated heterocycles. The Morgan fingerprint density at radius 3 is 2.71 bits per heavy atom. The molecule has 0 aliphatic heterocycles. The second-order valence-electron chi connectivity index (χ2n) is 3.65. The van der Waals surface area contributed by atoms with Crippen molar-refractivity contribution in [1.82, 2.24) is 10.3 Å². The number of nitrogens with zero attached hydrogens (tertiary/aromatic N) is 2. The number of rotatable bonds is 2. The van der Waals surface area contributed by atoms with Crippen molar-refractivity contribution in [3.63, 3.8) is 0 Å². The van der Waals surface area contributed by atoms with Crippen molar-refractivity contribution >= 4 is 16.6 Å². The highest BCUT2D eigenvalue weighted by atomic mass is 16.6. The van der Waals surface area contributed by atoms with Gasteiger partial charge in [-0.15, -0.1) is 0 Å². The van der Waals surface area contributed by atoms with E-state index in [1.165, 1.54) is 6.20 Å². The third-order valence-corrected chi connectivity index (χ3v) is 2.63. The molecule has 1 heterocycles. The molecule has 3 aromatic rings. The molecule has 0 radical (unpaired) electrons.